The summed E-state index contributed by atoms with van der Waals surface area (Å²) >= 11 is 0. The van der Waals surface area contributed by atoms with Crippen LogP contribution in [0, 0.1) is 12.8 Å². The van der Waals surface area contributed by atoms with Crippen LogP contribution in [0.5, 0.6) is 0 Å². The predicted molar refractivity (Wildman–Crippen MR) is 64.8 cm³/mol. The largest absolute Gasteiger partial charge is 0.370 e. The third-order valence-electron chi connectivity index (χ3n) is 3.99. The van der Waals surface area contributed by atoms with Gasteiger partial charge < -0.3 is 10.6 Å². The summed E-state index contributed by atoms with van der Waals surface area (Å²) in [6.45, 7) is 7.71. The van der Waals surface area contributed by atoms with E-state index in [1.807, 2.05) is 0 Å². The van der Waals surface area contributed by atoms with Crippen molar-refractivity contribution < 1.29 is 0 Å². The van der Waals surface area contributed by atoms with Crippen LogP contribution in [0.25, 0.3) is 0 Å². The van der Waals surface area contributed by atoms with Crippen molar-refractivity contribution in [3.05, 3.63) is 11.3 Å². The first-order chi connectivity index (χ1) is 7.81. The van der Waals surface area contributed by atoms with Crippen LogP contribution in [-0.4, -0.2) is 29.4 Å². The van der Waals surface area contributed by atoms with E-state index in [1.54, 1.807) is 0 Å². The first kappa shape index (κ1) is 10.1. The number of anilines is 1. The fraction of sp³-hybridized carbons (Fsp3) is 0.750. The van der Waals surface area contributed by atoms with Crippen molar-refractivity contribution in [1.82, 2.24) is 15.1 Å². The number of piperidine rings is 1. The molecule has 0 amide bonds. The Labute approximate surface area is 96.4 Å². The molecule has 2 N–H and O–H groups in total. The first-order valence-electron chi connectivity index (χ1n) is 6.33. The molecule has 4 nitrogen and oxygen atoms in total. The Morgan fingerprint density at radius 1 is 1.44 bits per heavy atom. The van der Waals surface area contributed by atoms with Gasteiger partial charge in [0.1, 0.15) is 5.82 Å². The van der Waals surface area contributed by atoms with Crippen molar-refractivity contribution in [2.75, 3.05) is 25.0 Å². The molecule has 1 aromatic heterocycles. The molecule has 3 heterocycles. The predicted octanol–water partition coefficient (Wildman–Crippen LogP) is 1.33. The maximum absolute atomic E-state index is 4.78. The lowest BCUT2D eigenvalue weighted by Gasteiger charge is -2.37. The topological polar surface area (TPSA) is 41.9 Å². The summed E-state index contributed by atoms with van der Waals surface area (Å²) in [5.74, 6) is 1.96. The Hall–Kier alpha value is -1.03. The van der Waals surface area contributed by atoms with Gasteiger partial charge in [-0.15, -0.1) is 0 Å². The molecule has 0 bridgehead atoms. The number of hydrogen-bond donors (Lipinski definition) is 2. The van der Waals surface area contributed by atoms with Gasteiger partial charge in [0.05, 0.1) is 11.7 Å². The second kappa shape index (κ2) is 3.77. The van der Waals surface area contributed by atoms with E-state index < -0.39 is 0 Å². The van der Waals surface area contributed by atoms with Gasteiger partial charge in [0.25, 0.3) is 0 Å². The molecule has 88 valence electrons. The number of rotatable bonds is 1. The van der Waals surface area contributed by atoms with Gasteiger partial charge in [0, 0.05) is 24.6 Å². The molecule has 3 rings (SSSR count). The van der Waals surface area contributed by atoms with Gasteiger partial charge >= 0.3 is 0 Å². The SMILES string of the molecule is CCc1nn2c(c1C)NCC1CNCCC12. The van der Waals surface area contributed by atoms with Crippen LogP contribution < -0.4 is 10.6 Å². The molecule has 1 saturated heterocycles. The van der Waals surface area contributed by atoms with Gasteiger partial charge in [0.15, 0.2) is 0 Å². The first-order valence-corrected chi connectivity index (χ1v) is 6.33. The zero-order chi connectivity index (χ0) is 11.1. The minimum atomic E-state index is 0.608. The smallest absolute Gasteiger partial charge is 0.127 e. The molecule has 4 heteroatoms. The second-order valence-corrected chi connectivity index (χ2v) is 4.92. The van der Waals surface area contributed by atoms with Crippen LogP contribution in [0.15, 0.2) is 0 Å². The molecule has 0 saturated carbocycles. The van der Waals surface area contributed by atoms with Gasteiger partial charge in [-0.3, -0.25) is 0 Å². The number of fused-ring (bicyclic) bond motifs is 3. The van der Waals surface area contributed by atoms with Crippen molar-refractivity contribution in [3.63, 3.8) is 0 Å². The molecule has 1 fully saturated rings. The lowest BCUT2D eigenvalue weighted by Crippen LogP contribution is -2.44. The van der Waals surface area contributed by atoms with Gasteiger partial charge in [-0.25, -0.2) is 4.68 Å². The molecule has 2 aliphatic rings. The van der Waals surface area contributed by atoms with Crippen molar-refractivity contribution in [2.24, 2.45) is 5.92 Å². The number of aryl methyl sites for hydroxylation is 1. The third-order valence-corrected chi connectivity index (χ3v) is 3.99. The number of aromatic nitrogens is 2. The number of nitrogens with one attached hydrogen (secondary N) is 2. The van der Waals surface area contributed by atoms with Crippen molar-refractivity contribution in [2.45, 2.75) is 32.7 Å². The Morgan fingerprint density at radius 3 is 3.12 bits per heavy atom. The van der Waals surface area contributed by atoms with E-state index in [2.05, 4.69) is 29.2 Å². The van der Waals surface area contributed by atoms with E-state index in [4.69, 9.17) is 5.10 Å². The summed E-state index contributed by atoms with van der Waals surface area (Å²) in [6.07, 6.45) is 2.24. The van der Waals surface area contributed by atoms with Gasteiger partial charge in [-0.05, 0) is 26.3 Å². The highest BCUT2D eigenvalue weighted by molar-refractivity contribution is 5.49. The van der Waals surface area contributed by atoms with Gasteiger partial charge in [0.2, 0.25) is 0 Å². The monoisotopic (exact) mass is 220 g/mol. The molecule has 0 spiro atoms. The molecular weight excluding hydrogens is 200 g/mol. The average molecular weight is 220 g/mol. The Bertz CT molecular complexity index is 396. The minimum absolute atomic E-state index is 0.608. The standard InChI is InChI=1S/C12H20N4/c1-3-10-8(2)12-14-7-9-6-13-5-4-11(9)16(12)15-10/h9,11,13-14H,3-7H2,1-2H3. The normalized spacial score (nSPS) is 28.1. The Kier molecular flexibility index (Phi) is 2.39. The van der Waals surface area contributed by atoms with Gasteiger partial charge in [-0.2, -0.15) is 5.10 Å². The summed E-state index contributed by atoms with van der Waals surface area (Å²) in [4.78, 5) is 0. The zero-order valence-electron chi connectivity index (χ0n) is 10.1. The molecule has 0 aliphatic carbocycles. The summed E-state index contributed by atoms with van der Waals surface area (Å²) in [5, 5.41) is 11.8. The fourth-order valence-corrected chi connectivity index (χ4v) is 3.02. The quantitative estimate of drug-likeness (QED) is 0.750. The number of hydrogen-bond acceptors (Lipinski definition) is 3. The summed E-state index contributed by atoms with van der Waals surface area (Å²) < 4.78 is 2.25. The Morgan fingerprint density at radius 2 is 2.31 bits per heavy atom. The van der Waals surface area contributed by atoms with E-state index in [-0.39, 0.29) is 0 Å². The van der Waals surface area contributed by atoms with E-state index in [1.165, 1.54) is 23.5 Å². The summed E-state index contributed by atoms with van der Waals surface area (Å²) in [5.41, 5.74) is 2.60. The molecule has 0 aromatic carbocycles. The lowest BCUT2D eigenvalue weighted by molar-refractivity contribution is 0.237. The van der Waals surface area contributed by atoms with Crippen molar-refractivity contribution >= 4 is 5.82 Å². The molecule has 1 aromatic rings. The van der Waals surface area contributed by atoms with Crippen LogP contribution in [0.1, 0.15) is 30.6 Å². The van der Waals surface area contributed by atoms with Crippen LogP contribution in [-0.2, 0) is 6.42 Å². The molecule has 16 heavy (non-hydrogen) atoms. The van der Waals surface area contributed by atoms with Crippen molar-refractivity contribution in [3.8, 4) is 0 Å². The van der Waals surface area contributed by atoms with E-state index >= 15 is 0 Å². The highest BCUT2D eigenvalue weighted by Crippen LogP contribution is 2.34. The van der Waals surface area contributed by atoms with Gasteiger partial charge in [-0.1, -0.05) is 6.92 Å². The fourth-order valence-electron chi connectivity index (χ4n) is 3.02. The summed E-state index contributed by atoms with van der Waals surface area (Å²) in [6, 6.07) is 0.608. The van der Waals surface area contributed by atoms with Crippen molar-refractivity contribution in [1.29, 1.82) is 0 Å². The second-order valence-electron chi connectivity index (χ2n) is 4.92. The van der Waals surface area contributed by atoms with E-state index in [9.17, 15) is 0 Å². The van der Waals surface area contributed by atoms with Crippen LogP contribution in [0.4, 0.5) is 5.82 Å². The molecule has 2 aliphatic heterocycles. The highest BCUT2D eigenvalue weighted by Gasteiger charge is 2.33. The zero-order valence-corrected chi connectivity index (χ0v) is 10.1. The van der Waals surface area contributed by atoms with Crippen LogP contribution in [0.3, 0.4) is 0 Å². The molecule has 0 radical (unpaired) electrons. The molecule has 2 atom stereocenters. The summed E-state index contributed by atoms with van der Waals surface area (Å²) in [7, 11) is 0. The van der Waals surface area contributed by atoms with Crippen LogP contribution >= 0.6 is 0 Å². The molecular formula is C12H20N4. The minimum Gasteiger partial charge on any atom is -0.370 e. The van der Waals surface area contributed by atoms with E-state index in [0.29, 0.717) is 12.0 Å². The van der Waals surface area contributed by atoms with Crippen LogP contribution in [0.2, 0.25) is 0 Å². The van der Waals surface area contributed by atoms with E-state index in [0.717, 1.165) is 26.1 Å². The maximum atomic E-state index is 4.78. The lowest BCUT2D eigenvalue weighted by atomic mass is 9.92. The molecule has 2 unspecified atom stereocenters. The Balaban J connectivity index is 2.01. The third kappa shape index (κ3) is 1.36. The highest BCUT2D eigenvalue weighted by atomic mass is 15.4. The maximum Gasteiger partial charge on any atom is 0.127 e. The number of nitrogens with zero attached hydrogens (tertiary/aromatic N) is 2. The average Bonchev–Trinajstić information content (AvgIpc) is 2.67.